The van der Waals surface area contributed by atoms with Crippen LogP contribution in [0.5, 0.6) is 5.75 Å². The van der Waals surface area contributed by atoms with Crippen molar-refractivity contribution >= 4 is 7.82 Å². The predicted octanol–water partition coefficient (Wildman–Crippen LogP) is 3.90. The molecule has 0 fully saturated rings. The molecule has 0 heterocycles. The van der Waals surface area contributed by atoms with Crippen LogP contribution in [-0.2, 0) is 15.3 Å². The van der Waals surface area contributed by atoms with Crippen molar-refractivity contribution in [3.63, 3.8) is 0 Å². The van der Waals surface area contributed by atoms with Crippen molar-refractivity contribution in [2.24, 2.45) is 0 Å². The van der Waals surface area contributed by atoms with Crippen LogP contribution < -0.4 is 4.52 Å². The maximum Gasteiger partial charge on any atom is 0.584 e. The first-order chi connectivity index (χ1) is 9.42. The molecule has 21 heavy (non-hydrogen) atoms. The standard InChI is InChI=1S/C9H4F7O4P/c1-2-19-21(17,18)20-8-6(12)4(10)3(9(14,15)16)5(11)7(8)13/h2H,1H2,(H,17,18). The number of phosphoric acid groups is 1. The number of benzene rings is 1. The van der Waals surface area contributed by atoms with E-state index in [4.69, 9.17) is 4.89 Å². The summed E-state index contributed by atoms with van der Waals surface area (Å²) in [4.78, 5) is 8.87. The monoisotopic (exact) mass is 340 g/mol. The number of hydrogen-bond acceptors (Lipinski definition) is 3. The van der Waals surface area contributed by atoms with Crippen LogP contribution in [0.15, 0.2) is 12.8 Å². The second kappa shape index (κ2) is 5.57. The van der Waals surface area contributed by atoms with Gasteiger partial charge in [-0.2, -0.15) is 22.0 Å². The van der Waals surface area contributed by atoms with E-state index in [0.717, 1.165) is 0 Å². The fourth-order valence-corrected chi connectivity index (χ4v) is 1.79. The van der Waals surface area contributed by atoms with E-state index in [-0.39, 0.29) is 0 Å². The molecule has 0 saturated heterocycles. The van der Waals surface area contributed by atoms with Crippen LogP contribution in [0.25, 0.3) is 0 Å². The van der Waals surface area contributed by atoms with Gasteiger partial charge in [0, 0.05) is 0 Å². The lowest BCUT2D eigenvalue weighted by Crippen LogP contribution is -2.16. The third kappa shape index (κ3) is 3.48. The average Bonchev–Trinajstić information content (AvgIpc) is 2.30. The van der Waals surface area contributed by atoms with Gasteiger partial charge >= 0.3 is 14.0 Å². The van der Waals surface area contributed by atoms with Crippen LogP contribution in [0.4, 0.5) is 30.7 Å². The molecule has 0 aliphatic heterocycles. The molecule has 1 unspecified atom stereocenters. The molecule has 118 valence electrons. The normalized spacial score (nSPS) is 14.5. The third-order valence-electron chi connectivity index (χ3n) is 1.92. The Labute approximate surface area is 112 Å². The molecular formula is C9H4F7O4P. The summed E-state index contributed by atoms with van der Waals surface area (Å²) in [6.45, 7) is 2.80. The lowest BCUT2D eigenvalue weighted by molar-refractivity contribution is -0.143. The molecule has 0 amide bonds. The van der Waals surface area contributed by atoms with Crippen LogP contribution in [-0.4, -0.2) is 4.89 Å². The van der Waals surface area contributed by atoms with Crippen molar-refractivity contribution in [1.29, 1.82) is 0 Å². The topological polar surface area (TPSA) is 55.8 Å². The Morgan fingerprint density at radius 2 is 1.48 bits per heavy atom. The minimum atomic E-state index is -5.74. The molecule has 1 aromatic rings. The maximum absolute atomic E-state index is 13.3. The molecule has 0 radical (unpaired) electrons. The van der Waals surface area contributed by atoms with Crippen LogP contribution in [0.3, 0.4) is 0 Å². The van der Waals surface area contributed by atoms with Gasteiger partial charge in [0.1, 0.15) is 5.56 Å². The van der Waals surface area contributed by atoms with Crippen molar-refractivity contribution < 1.29 is 49.2 Å². The molecule has 0 aliphatic carbocycles. The lowest BCUT2D eigenvalue weighted by atomic mass is 10.1. The van der Waals surface area contributed by atoms with E-state index >= 15 is 0 Å². The van der Waals surface area contributed by atoms with Crippen molar-refractivity contribution in [3.05, 3.63) is 41.7 Å². The first-order valence-electron chi connectivity index (χ1n) is 4.67. The molecule has 0 spiro atoms. The Bertz CT molecular complexity index is 598. The van der Waals surface area contributed by atoms with Crippen LogP contribution in [0.2, 0.25) is 0 Å². The Balaban J connectivity index is 3.52. The third-order valence-corrected chi connectivity index (χ3v) is 2.75. The van der Waals surface area contributed by atoms with E-state index in [2.05, 4.69) is 15.6 Å². The first-order valence-corrected chi connectivity index (χ1v) is 6.16. The minimum Gasteiger partial charge on any atom is -0.404 e. The molecule has 0 aliphatic rings. The Morgan fingerprint density at radius 3 is 1.81 bits per heavy atom. The molecule has 12 heteroatoms. The second-order valence-corrected chi connectivity index (χ2v) is 4.62. The summed E-state index contributed by atoms with van der Waals surface area (Å²) in [5.74, 6) is -13.2. The Kier molecular flexibility index (Phi) is 4.59. The molecule has 1 aromatic carbocycles. The Hall–Kier alpha value is -1.74. The van der Waals surface area contributed by atoms with Crippen LogP contribution in [0, 0.1) is 23.3 Å². The van der Waals surface area contributed by atoms with E-state index in [0.29, 0.717) is 6.26 Å². The number of phosphoric ester groups is 1. The summed E-state index contributed by atoms with van der Waals surface area (Å²) in [6, 6.07) is 0. The highest BCUT2D eigenvalue weighted by Crippen LogP contribution is 2.48. The van der Waals surface area contributed by atoms with Gasteiger partial charge in [0.2, 0.25) is 17.4 Å². The molecule has 0 aromatic heterocycles. The summed E-state index contributed by atoms with van der Waals surface area (Å²) in [5, 5.41) is 0. The summed E-state index contributed by atoms with van der Waals surface area (Å²) in [5.41, 5.74) is -2.85. The highest BCUT2D eigenvalue weighted by Gasteiger charge is 2.44. The second-order valence-electron chi connectivity index (χ2n) is 3.29. The lowest BCUT2D eigenvalue weighted by Gasteiger charge is -2.16. The largest absolute Gasteiger partial charge is 0.584 e. The van der Waals surface area contributed by atoms with Crippen molar-refractivity contribution in [3.8, 4) is 5.75 Å². The highest BCUT2D eigenvalue weighted by molar-refractivity contribution is 7.47. The van der Waals surface area contributed by atoms with Crippen LogP contribution in [0.1, 0.15) is 5.56 Å². The first kappa shape index (κ1) is 17.3. The van der Waals surface area contributed by atoms with Gasteiger partial charge in [-0.15, -0.1) is 0 Å². The fraction of sp³-hybridized carbons (Fsp3) is 0.111. The molecule has 0 saturated carbocycles. The number of alkyl halides is 3. The number of rotatable bonds is 4. The predicted molar refractivity (Wildman–Crippen MR) is 53.0 cm³/mol. The van der Waals surface area contributed by atoms with E-state index in [1.807, 2.05) is 0 Å². The summed E-state index contributed by atoms with van der Waals surface area (Å²) >= 11 is 0. The van der Waals surface area contributed by atoms with Gasteiger partial charge in [-0.25, -0.2) is 13.3 Å². The molecular weight excluding hydrogens is 336 g/mol. The molecule has 0 bridgehead atoms. The number of hydrogen-bond donors (Lipinski definition) is 1. The van der Waals surface area contributed by atoms with Crippen molar-refractivity contribution in [2.45, 2.75) is 6.18 Å². The maximum atomic E-state index is 13.3. The Morgan fingerprint density at radius 1 is 1.05 bits per heavy atom. The minimum absolute atomic E-state index is 0.299. The summed E-state index contributed by atoms with van der Waals surface area (Å²) < 4.78 is 108. The van der Waals surface area contributed by atoms with Gasteiger partial charge in [-0.1, -0.05) is 6.58 Å². The fourth-order valence-electron chi connectivity index (χ4n) is 1.17. The number of halogens is 7. The van der Waals surface area contributed by atoms with E-state index in [9.17, 15) is 35.3 Å². The molecule has 4 nitrogen and oxygen atoms in total. The summed E-state index contributed by atoms with van der Waals surface area (Å²) in [7, 11) is -5.28. The smallest absolute Gasteiger partial charge is 0.404 e. The van der Waals surface area contributed by atoms with Gasteiger partial charge in [-0.3, -0.25) is 4.89 Å². The summed E-state index contributed by atoms with van der Waals surface area (Å²) in [6.07, 6.45) is -5.44. The van der Waals surface area contributed by atoms with Gasteiger partial charge in [-0.05, 0) is 0 Å². The van der Waals surface area contributed by atoms with Gasteiger partial charge in [0.15, 0.2) is 11.6 Å². The zero-order valence-corrected chi connectivity index (χ0v) is 10.4. The van der Waals surface area contributed by atoms with E-state index < -0.39 is 48.6 Å². The van der Waals surface area contributed by atoms with Crippen molar-refractivity contribution in [2.75, 3.05) is 0 Å². The molecule has 1 N–H and O–H groups in total. The van der Waals surface area contributed by atoms with Crippen LogP contribution >= 0.6 is 7.82 Å². The SMILES string of the molecule is C=COP(=O)(O)Oc1c(F)c(F)c(C(F)(F)F)c(F)c1F. The zero-order chi connectivity index (χ0) is 16.6. The van der Waals surface area contributed by atoms with Gasteiger partial charge < -0.3 is 9.05 Å². The van der Waals surface area contributed by atoms with Gasteiger partial charge in [0.05, 0.1) is 6.26 Å². The average molecular weight is 340 g/mol. The van der Waals surface area contributed by atoms with Crippen molar-refractivity contribution in [1.82, 2.24) is 0 Å². The van der Waals surface area contributed by atoms with E-state index in [1.54, 1.807) is 0 Å². The highest BCUT2D eigenvalue weighted by atomic mass is 31.2. The molecule has 1 rings (SSSR count). The van der Waals surface area contributed by atoms with E-state index in [1.165, 1.54) is 0 Å². The zero-order valence-electron chi connectivity index (χ0n) is 9.55. The van der Waals surface area contributed by atoms with Gasteiger partial charge in [0.25, 0.3) is 0 Å². The molecule has 1 atom stereocenters. The quantitative estimate of drug-likeness (QED) is 0.391.